The zero-order valence-electron chi connectivity index (χ0n) is 9.23. The molecule has 0 amide bonds. The number of hydrogen-bond donors (Lipinski definition) is 0. The molecule has 0 bridgehead atoms. The fraction of sp³-hybridized carbons (Fsp3) is 0.250. The Bertz CT molecular complexity index is 432. The van der Waals surface area contributed by atoms with Gasteiger partial charge in [-0.3, -0.25) is 0 Å². The topological polar surface area (TPSA) is 26.3 Å². The highest BCUT2D eigenvalue weighted by molar-refractivity contribution is 6.39. The van der Waals surface area contributed by atoms with E-state index >= 15 is 0 Å². The van der Waals surface area contributed by atoms with Crippen LogP contribution in [0.2, 0.25) is 15.1 Å². The molecule has 0 aliphatic heterocycles. The maximum Gasteiger partial charge on any atom is 0.333 e. The highest BCUT2D eigenvalue weighted by atomic mass is 35.5. The number of rotatable bonds is 4. The number of ether oxygens (including phenoxy) is 1. The highest BCUT2D eigenvalue weighted by Gasteiger charge is 2.14. The average Bonchev–Trinajstić information content (AvgIpc) is 2.23. The third-order valence-corrected chi connectivity index (χ3v) is 2.95. The zero-order chi connectivity index (χ0) is 13.0. The minimum atomic E-state index is -0.449. The second-order valence-electron chi connectivity index (χ2n) is 3.35. The fourth-order valence-corrected chi connectivity index (χ4v) is 2.21. The zero-order valence-corrected chi connectivity index (χ0v) is 11.5. The van der Waals surface area contributed by atoms with Crippen molar-refractivity contribution in [3.63, 3.8) is 0 Å². The van der Waals surface area contributed by atoms with Crippen LogP contribution in [0.4, 0.5) is 0 Å². The normalized spacial score (nSPS) is 10.1. The lowest BCUT2D eigenvalue weighted by Gasteiger charge is -2.09. The summed E-state index contributed by atoms with van der Waals surface area (Å²) in [5, 5.41) is 1.27. The summed E-state index contributed by atoms with van der Waals surface area (Å²) in [6.07, 6.45) is 0.244. The van der Waals surface area contributed by atoms with Crippen molar-refractivity contribution >= 4 is 40.8 Å². The first-order valence-electron chi connectivity index (χ1n) is 4.94. The highest BCUT2D eigenvalue weighted by Crippen LogP contribution is 2.30. The first-order chi connectivity index (χ1) is 7.95. The Hall–Kier alpha value is -0.700. The van der Waals surface area contributed by atoms with Gasteiger partial charge in [0.05, 0.1) is 6.61 Å². The molecule has 2 nitrogen and oxygen atoms in total. The molecular formula is C12H11Cl3O2. The largest absolute Gasteiger partial charge is 0.463 e. The number of carbonyl (C=O) groups is 1. The van der Waals surface area contributed by atoms with E-state index in [2.05, 4.69) is 6.58 Å². The molecule has 0 fully saturated rings. The van der Waals surface area contributed by atoms with Gasteiger partial charge in [0, 0.05) is 27.1 Å². The van der Waals surface area contributed by atoms with Crippen molar-refractivity contribution in [3.8, 4) is 0 Å². The lowest BCUT2D eigenvalue weighted by molar-refractivity contribution is -0.138. The summed E-state index contributed by atoms with van der Waals surface area (Å²) in [5.74, 6) is -0.449. The molecule has 0 aliphatic carbocycles. The third-order valence-electron chi connectivity index (χ3n) is 2.06. The second-order valence-corrected chi connectivity index (χ2v) is 4.60. The number of carbonyl (C=O) groups excluding carboxylic acids is 1. The van der Waals surface area contributed by atoms with Crippen molar-refractivity contribution in [2.45, 2.75) is 13.3 Å². The Morgan fingerprint density at radius 3 is 2.29 bits per heavy atom. The minimum absolute atomic E-state index is 0.244. The molecule has 0 spiro atoms. The van der Waals surface area contributed by atoms with Gasteiger partial charge in [0.1, 0.15) is 0 Å². The monoisotopic (exact) mass is 292 g/mol. The molecule has 1 rings (SSSR count). The van der Waals surface area contributed by atoms with Gasteiger partial charge in [-0.25, -0.2) is 4.79 Å². The molecule has 0 radical (unpaired) electrons. The predicted molar refractivity (Wildman–Crippen MR) is 70.9 cm³/mol. The summed E-state index contributed by atoms with van der Waals surface area (Å²) < 4.78 is 4.83. The Labute approximate surface area is 115 Å². The van der Waals surface area contributed by atoms with Crippen LogP contribution in [0, 0.1) is 0 Å². The summed E-state index contributed by atoms with van der Waals surface area (Å²) in [5.41, 5.74) is 0.925. The number of esters is 1. The number of hydrogen-bond acceptors (Lipinski definition) is 2. The molecule has 0 aromatic heterocycles. The SMILES string of the molecule is C=C(Cc1c(Cl)cc(Cl)cc1Cl)C(=O)OCC. The van der Waals surface area contributed by atoms with Gasteiger partial charge in [0.25, 0.3) is 0 Å². The summed E-state index contributed by atoms with van der Waals surface area (Å²) in [6.45, 7) is 5.68. The molecule has 17 heavy (non-hydrogen) atoms. The van der Waals surface area contributed by atoms with Gasteiger partial charge < -0.3 is 4.74 Å². The van der Waals surface area contributed by atoms with Gasteiger partial charge in [-0.15, -0.1) is 0 Å². The molecule has 0 saturated heterocycles. The van der Waals surface area contributed by atoms with Crippen LogP contribution >= 0.6 is 34.8 Å². The van der Waals surface area contributed by atoms with Gasteiger partial charge in [-0.05, 0) is 24.6 Å². The van der Waals surface area contributed by atoms with E-state index in [0.29, 0.717) is 32.8 Å². The summed E-state index contributed by atoms with van der Waals surface area (Å²) in [4.78, 5) is 11.4. The number of halogens is 3. The van der Waals surface area contributed by atoms with E-state index in [-0.39, 0.29) is 6.42 Å². The van der Waals surface area contributed by atoms with Crippen molar-refractivity contribution in [2.75, 3.05) is 6.61 Å². The van der Waals surface area contributed by atoms with Gasteiger partial charge in [0.15, 0.2) is 0 Å². The minimum Gasteiger partial charge on any atom is -0.463 e. The van der Waals surface area contributed by atoms with Crippen molar-refractivity contribution in [2.24, 2.45) is 0 Å². The molecule has 92 valence electrons. The van der Waals surface area contributed by atoms with Crippen LogP contribution in [0.5, 0.6) is 0 Å². The van der Waals surface area contributed by atoms with Crippen LogP contribution in [0.3, 0.4) is 0 Å². The van der Waals surface area contributed by atoms with Crippen molar-refractivity contribution < 1.29 is 9.53 Å². The number of benzene rings is 1. The molecule has 0 saturated carbocycles. The average molecular weight is 294 g/mol. The molecule has 0 atom stereocenters. The van der Waals surface area contributed by atoms with Crippen molar-refractivity contribution in [3.05, 3.63) is 44.9 Å². The first-order valence-corrected chi connectivity index (χ1v) is 6.07. The molecule has 1 aromatic carbocycles. The van der Waals surface area contributed by atoms with E-state index in [4.69, 9.17) is 39.5 Å². The third kappa shape index (κ3) is 3.91. The maximum atomic E-state index is 11.4. The van der Waals surface area contributed by atoms with Crippen LogP contribution in [0.1, 0.15) is 12.5 Å². The molecular weight excluding hydrogens is 282 g/mol. The van der Waals surface area contributed by atoms with Gasteiger partial charge >= 0.3 is 5.97 Å². The summed E-state index contributed by atoms with van der Waals surface area (Å²) in [6, 6.07) is 3.14. The van der Waals surface area contributed by atoms with E-state index in [1.165, 1.54) is 0 Å². The van der Waals surface area contributed by atoms with E-state index < -0.39 is 5.97 Å². The lowest BCUT2D eigenvalue weighted by atomic mass is 10.1. The summed E-state index contributed by atoms with van der Waals surface area (Å²) >= 11 is 17.8. The molecule has 1 aromatic rings. The van der Waals surface area contributed by atoms with Crippen LogP contribution in [0.25, 0.3) is 0 Å². The predicted octanol–water partition coefficient (Wildman–Crippen LogP) is 4.31. The lowest BCUT2D eigenvalue weighted by Crippen LogP contribution is -2.09. The van der Waals surface area contributed by atoms with Crippen molar-refractivity contribution in [1.82, 2.24) is 0 Å². The fourth-order valence-electron chi connectivity index (χ4n) is 1.26. The second kappa shape index (κ2) is 6.29. The molecule has 0 aliphatic rings. The quantitative estimate of drug-likeness (QED) is 0.611. The molecule has 0 heterocycles. The van der Waals surface area contributed by atoms with Crippen LogP contribution in [-0.2, 0) is 16.0 Å². The smallest absolute Gasteiger partial charge is 0.333 e. The van der Waals surface area contributed by atoms with E-state index in [1.54, 1.807) is 19.1 Å². The van der Waals surface area contributed by atoms with Crippen molar-refractivity contribution in [1.29, 1.82) is 0 Å². The van der Waals surface area contributed by atoms with E-state index in [0.717, 1.165) is 0 Å². The van der Waals surface area contributed by atoms with Crippen LogP contribution < -0.4 is 0 Å². The Balaban J connectivity index is 2.89. The Morgan fingerprint density at radius 2 is 1.82 bits per heavy atom. The van der Waals surface area contributed by atoms with Crippen LogP contribution in [-0.4, -0.2) is 12.6 Å². The molecule has 0 N–H and O–H groups in total. The summed E-state index contributed by atoms with van der Waals surface area (Å²) in [7, 11) is 0. The Morgan fingerprint density at radius 1 is 1.29 bits per heavy atom. The molecule has 5 heteroatoms. The molecule has 0 unspecified atom stereocenters. The van der Waals surface area contributed by atoms with Gasteiger partial charge in [-0.2, -0.15) is 0 Å². The van der Waals surface area contributed by atoms with E-state index in [9.17, 15) is 4.79 Å². The van der Waals surface area contributed by atoms with E-state index in [1.807, 2.05) is 0 Å². The standard InChI is InChI=1S/C12H11Cl3O2/c1-3-17-12(16)7(2)4-9-10(14)5-8(13)6-11(9)15/h5-6H,2-4H2,1H3. The van der Waals surface area contributed by atoms with Gasteiger partial charge in [0.2, 0.25) is 0 Å². The van der Waals surface area contributed by atoms with Crippen LogP contribution in [0.15, 0.2) is 24.3 Å². The maximum absolute atomic E-state index is 11.4. The Kier molecular flexibility index (Phi) is 5.31. The first kappa shape index (κ1) is 14.4. The van der Waals surface area contributed by atoms with Gasteiger partial charge in [-0.1, -0.05) is 41.4 Å².